The van der Waals surface area contributed by atoms with E-state index in [0.717, 1.165) is 31.5 Å². The molecule has 1 aliphatic heterocycles. The van der Waals surface area contributed by atoms with Gasteiger partial charge in [0.05, 0.1) is 17.4 Å². The van der Waals surface area contributed by atoms with Crippen LogP contribution in [0.1, 0.15) is 57.8 Å². The monoisotopic (exact) mass is 361 g/mol. The molecule has 3 aromatic rings. The van der Waals surface area contributed by atoms with Gasteiger partial charge in [-0.3, -0.25) is 9.78 Å². The zero-order chi connectivity index (χ0) is 18.8. The molecule has 1 amide bonds. The summed E-state index contributed by atoms with van der Waals surface area (Å²) in [5.74, 6) is 0.779. The Morgan fingerprint density at radius 2 is 1.96 bits per heavy atom. The number of nitrogens with zero attached hydrogens (tertiary/aromatic N) is 3. The summed E-state index contributed by atoms with van der Waals surface area (Å²) in [5, 5.41) is 0. The van der Waals surface area contributed by atoms with E-state index in [0.29, 0.717) is 17.3 Å². The van der Waals surface area contributed by atoms with Gasteiger partial charge in [0.25, 0.3) is 5.91 Å². The van der Waals surface area contributed by atoms with Gasteiger partial charge >= 0.3 is 0 Å². The molecule has 0 bridgehead atoms. The van der Waals surface area contributed by atoms with Gasteiger partial charge in [-0.05, 0) is 43.4 Å². The maximum Gasteiger partial charge on any atom is 0.292 e. The summed E-state index contributed by atoms with van der Waals surface area (Å²) >= 11 is 0. The molecular formula is C22H23N3O2. The SMILES string of the molecule is Cc1nc(C)c(C(=O)N2CCC[C@@H]2c2ccc(Cc3ccccc3)cn2)o1. The molecule has 2 aromatic heterocycles. The van der Waals surface area contributed by atoms with Crippen molar-refractivity contribution in [2.45, 2.75) is 39.2 Å². The van der Waals surface area contributed by atoms with E-state index < -0.39 is 0 Å². The zero-order valence-corrected chi connectivity index (χ0v) is 15.7. The highest BCUT2D eigenvalue weighted by Crippen LogP contribution is 2.32. The first-order chi connectivity index (χ1) is 13.1. The summed E-state index contributed by atoms with van der Waals surface area (Å²) in [4.78, 5) is 23.7. The van der Waals surface area contributed by atoms with E-state index in [-0.39, 0.29) is 11.9 Å². The van der Waals surface area contributed by atoms with Gasteiger partial charge in [-0.1, -0.05) is 36.4 Å². The number of aryl methyl sites for hydroxylation is 2. The molecule has 138 valence electrons. The second-order valence-electron chi connectivity index (χ2n) is 7.06. The molecule has 1 fully saturated rings. The van der Waals surface area contributed by atoms with Crippen molar-refractivity contribution in [3.8, 4) is 0 Å². The molecule has 3 heterocycles. The van der Waals surface area contributed by atoms with E-state index in [9.17, 15) is 4.79 Å². The molecule has 5 heteroatoms. The number of carbonyl (C=O) groups excluding carboxylic acids is 1. The van der Waals surface area contributed by atoms with Crippen molar-refractivity contribution in [2.75, 3.05) is 6.54 Å². The van der Waals surface area contributed by atoms with Gasteiger partial charge < -0.3 is 9.32 Å². The van der Waals surface area contributed by atoms with Crippen LogP contribution in [0.5, 0.6) is 0 Å². The zero-order valence-electron chi connectivity index (χ0n) is 15.7. The van der Waals surface area contributed by atoms with Crippen LogP contribution < -0.4 is 0 Å². The molecule has 1 saturated heterocycles. The number of benzene rings is 1. The van der Waals surface area contributed by atoms with Crippen molar-refractivity contribution in [1.82, 2.24) is 14.9 Å². The molecule has 5 nitrogen and oxygen atoms in total. The highest BCUT2D eigenvalue weighted by molar-refractivity contribution is 5.93. The first-order valence-corrected chi connectivity index (χ1v) is 9.35. The lowest BCUT2D eigenvalue weighted by atomic mass is 10.0. The van der Waals surface area contributed by atoms with Crippen LogP contribution in [-0.4, -0.2) is 27.3 Å². The highest BCUT2D eigenvalue weighted by Gasteiger charge is 2.34. The van der Waals surface area contributed by atoms with Crippen LogP contribution in [0.15, 0.2) is 53.1 Å². The smallest absolute Gasteiger partial charge is 0.292 e. The molecule has 1 atom stereocenters. The first-order valence-electron chi connectivity index (χ1n) is 9.35. The van der Waals surface area contributed by atoms with Gasteiger partial charge in [0.2, 0.25) is 5.76 Å². The van der Waals surface area contributed by atoms with E-state index in [1.165, 1.54) is 11.1 Å². The van der Waals surface area contributed by atoms with Crippen molar-refractivity contribution >= 4 is 5.91 Å². The van der Waals surface area contributed by atoms with E-state index in [2.05, 4.69) is 28.2 Å². The molecular weight excluding hydrogens is 338 g/mol. The quantitative estimate of drug-likeness (QED) is 0.697. The summed E-state index contributed by atoms with van der Waals surface area (Å²) < 4.78 is 5.54. The number of likely N-dealkylation sites (tertiary alicyclic amines) is 1. The second-order valence-corrected chi connectivity index (χ2v) is 7.06. The molecule has 0 spiro atoms. The number of pyridine rings is 1. The largest absolute Gasteiger partial charge is 0.436 e. The Kier molecular flexibility index (Phi) is 4.75. The number of carbonyl (C=O) groups is 1. The minimum atomic E-state index is -0.0919. The summed E-state index contributed by atoms with van der Waals surface area (Å²) in [6.45, 7) is 4.29. The van der Waals surface area contributed by atoms with Gasteiger partial charge in [-0.15, -0.1) is 0 Å². The van der Waals surface area contributed by atoms with Crippen LogP contribution in [0.2, 0.25) is 0 Å². The minimum absolute atomic E-state index is 0.00641. The van der Waals surface area contributed by atoms with Crippen LogP contribution in [0.4, 0.5) is 0 Å². The average molecular weight is 361 g/mol. The lowest BCUT2D eigenvalue weighted by molar-refractivity contribution is 0.0698. The lowest BCUT2D eigenvalue weighted by Gasteiger charge is -2.23. The molecule has 0 saturated carbocycles. The van der Waals surface area contributed by atoms with Crippen molar-refractivity contribution in [3.63, 3.8) is 0 Å². The van der Waals surface area contributed by atoms with Crippen molar-refractivity contribution in [3.05, 3.63) is 82.8 Å². The molecule has 1 aromatic carbocycles. The van der Waals surface area contributed by atoms with E-state index in [4.69, 9.17) is 4.42 Å². The number of hydrogen-bond donors (Lipinski definition) is 0. The Balaban J connectivity index is 1.52. The molecule has 1 aliphatic rings. The summed E-state index contributed by atoms with van der Waals surface area (Å²) in [6, 6.07) is 14.5. The van der Waals surface area contributed by atoms with Crippen LogP contribution >= 0.6 is 0 Å². The Morgan fingerprint density at radius 3 is 2.63 bits per heavy atom. The predicted octanol–water partition coefficient (Wildman–Crippen LogP) is 4.25. The standard InChI is InChI=1S/C22H23N3O2/c1-15-21(27-16(2)24-15)22(26)25-12-6-9-20(25)19-11-10-18(14-23-19)13-17-7-4-3-5-8-17/h3-5,7-8,10-11,14,20H,6,9,12-13H2,1-2H3/t20-/m1/s1. The molecule has 0 N–H and O–H groups in total. The first kappa shape index (κ1) is 17.5. The fraction of sp³-hybridized carbons (Fsp3) is 0.318. The summed E-state index contributed by atoms with van der Waals surface area (Å²) in [5.41, 5.74) is 4.02. The Hall–Kier alpha value is -2.95. The van der Waals surface area contributed by atoms with Gasteiger partial charge in [0.15, 0.2) is 5.89 Å². The van der Waals surface area contributed by atoms with Gasteiger partial charge in [-0.2, -0.15) is 0 Å². The van der Waals surface area contributed by atoms with Gasteiger partial charge in [0, 0.05) is 19.7 Å². The molecule has 27 heavy (non-hydrogen) atoms. The summed E-state index contributed by atoms with van der Waals surface area (Å²) in [6.07, 6.45) is 4.67. The molecule has 4 rings (SSSR count). The molecule has 0 aliphatic carbocycles. The van der Waals surface area contributed by atoms with Crippen LogP contribution in [0.25, 0.3) is 0 Å². The number of amides is 1. The maximum absolute atomic E-state index is 12.9. The van der Waals surface area contributed by atoms with Gasteiger partial charge in [0.1, 0.15) is 0 Å². The van der Waals surface area contributed by atoms with E-state index in [1.807, 2.05) is 42.3 Å². The number of oxazole rings is 1. The predicted molar refractivity (Wildman–Crippen MR) is 102 cm³/mol. The third kappa shape index (κ3) is 3.63. The molecule has 0 radical (unpaired) electrons. The number of rotatable bonds is 4. The molecule has 0 unspecified atom stereocenters. The average Bonchev–Trinajstić information content (AvgIpc) is 3.29. The van der Waals surface area contributed by atoms with E-state index in [1.54, 1.807) is 6.92 Å². The Labute approximate surface area is 159 Å². The Bertz CT molecular complexity index is 932. The van der Waals surface area contributed by atoms with E-state index >= 15 is 0 Å². The summed E-state index contributed by atoms with van der Waals surface area (Å²) in [7, 11) is 0. The van der Waals surface area contributed by atoms with Crippen molar-refractivity contribution in [1.29, 1.82) is 0 Å². The number of aromatic nitrogens is 2. The van der Waals surface area contributed by atoms with Crippen LogP contribution in [0.3, 0.4) is 0 Å². The van der Waals surface area contributed by atoms with Crippen LogP contribution in [0, 0.1) is 13.8 Å². The lowest BCUT2D eigenvalue weighted by Crippen LogP contribution is -2.31. The van der Waals surface area contributed by atoms with Gasteiger partial charge in [-0.25, -0.2) is 4.98 Å². The third-order valence-electron chi connectivity index (χ3n) is 5.05. The highest BCUT2D eigenvalue weighted by atomic mass is 16.4. The second kappa shape index (κ2) is 7.35. The minimum Gasteiger partial charge on any atom is -0.436 e. The topological polar surface area (TPSA) is 59.2 Å². The fourth-order valence-electron chi connectivity index (χ4n) is 3.75. The normalized spacial score (nSPS) is 16.7. The fourth-order valence-corrected chi connectivity index (χ4v) is 3.75. The van der Waals surface area contributed by atoms with Crippen LogP contribution in [-0.2, 0) is 6.42 Å². The maximum atomic E-state index is 12.9. The Morgan fingerprint density at radius 1 is 1.15 bits per heavy atom. The van der Waals surface area contributed by atoms with Crippen molar-refractivity contribution < 1.29 is 9.21 Å². The van der Waals surface area contributed by atoms with Crippen molar-refractivity contribution in [2.24, 2.45) is 0 Å². The third-order valence-corrected chi connectivity index (χ3v) is 5.05. The number of hydrogen-bond acceptors (Lipinski definition) is 4.